The van der Waals surface area contributed by atoms with Crippen molar-refractivity contribution in [3.05, 3.63) is 88.0 Å². The van der Waals surface area contributed by atoms with Gasteiger partial charge in [-0.15, -0.1) is 11.3 Å². The topological polar surface area (TPSA) is 55.6 Å². The van der Waals surface area contributed by atoms with Gasteiger partial charge in [-0.05, 0) is 42.1 Å². The Bertz CT molecular complexity index is 1070. The molecule has 4 rings (SSSR count). The van der Waals surface area contributed by atoms with Gasteiger partial charge in [0.2, 0.25) is 0 Å². The number of pyridine rings is 1. The number of nitrogens with zero attached hydrogens (tertiary/aromatic N) is 2. The zero-order valence-electron chi connectivity index (χ0n) is 14.9. The van der Waals surface area contributed by atoms with Gasteiger partial charge in [0.25, 0.3) is 5.91 Å². The number of hydrogen-bond donors (Lipinski definition) is 1. The highest BCUT2D eigenvalue weighted by Crippen LogP contribution is 2.20. The van der Waals surface area contributed by atoms with E-state index in [1.165, 1.54) is 0 Å². The number of nitrogens with one attached hydrogen (secondary N) is 1. The molecule has 4 aromatic rings. The van der Waals surface area contributed by atoms with Crippen molar-refractivity contribution in [1.82, 2.24) is 14.7 Å². The highest BCUT2D eigenvalue weighted by atomic mass is 32.1. The number of hydrogen-bond acceptors (Lipinski definition) is 4. The summed E-state index contributed by atoms with van der Waals surface area (Å²) in [5.74, 6) is 0.403. The van der Waals surface area contributed by atoms with E-state index in [9.17, 15) is 4.79 Å². The number of carbonyl (C=O) groups excluding carboxylic acids is 1. The average Bonchev–Trinajstić information content (AvgIpc) is 3.35. The summed E-state index contributed by atoms with van der Waals surface area (Å²) in [6.45, 7) is 2.84. The van der Waals surface area contributed by atoms with Gasteiger partial charge in [0.05, 0.1) is 17.8 Å². The summed E-state index contributed by atoms with van der Waals surface area (Å²) in [4.78, 5) is 18.3. The van der Waals surface area contributed by atoms with E-state index in [1.54, 1.807) is 23.5 Å². The molecular weight excluding hydrogens is 358 g/mol. The minimum absolute atomic E-state index is 0.148. The van der Waals surface area contributed by atoms with E-state index in [0.29, 0.717) is 24.5 Å². The van der Waals surface area contributed by atoms with E-state index < -0.39 is 0 Å². The normalized spacial score (nSPS) is 10.9. The van der Waals surface area contributed by atoms with E-state index in [1.807, 2.05) is 65.5 Å². The van der Waals surface area contributed by atoms with E-state index >= 15 is 0 Å². The summed E-state index contributed by atoms with van der Waals surface area (Å²) in [5.41, 5.74) is 3.36. The number of amides is 1. The molecule has 136 valence electrons. The van der Waals surface area contributed by atoms with Gasteiger partial charge in [0.15, 0.2) is 0 Å². The molecule has 0 saturated carbocycles. The van der Waals surface area contributed by atoms with Gasteiger partial charge in [0.1, 0.15) is 18.0 Å². The third-order valence-electron chi connectivity index (χ3n) is 4.24. The molecule has 0 aliphatic carbocycles. The van der Waals surface area contributed by atoms with Crippen LogP contribution in [0.3, 0.4) is 0 Å². The highest BCUT2D eigenvalue weighted by molar-refractivity contribution is 7.09. The van der Waals surface area contributed by atoms with Crippen LogP contribution in [0.4, 0.5) is 0 Å². The van der Waals surface area contributed by atoms with Crippen LogP contribution in [0.25, 0.3) is 5.65 Å². The van der Waals surface area contributed by atoms with Crippen LogP contribution < -0.4 is 10.1 Å². The summed E-state index contributed by atoms with van der Waals surface area (Å²) in [6, 6.07) is 15.3. The minimum atomic E-state index is -0.148. The van der Waals surface area contributed by atoms with Crippen LogP contribution in [0.2, 0.25) is 0 Å². The second-order valence-electron chi connectivity index (χ2n) is 6.20. The number of rotatable bonds is 6. The lowest BCUT2D eigenvalue weighted by molar-refractivity contribution is 0.0946. The summed E-state index contributed by atoms with van der Waals surface area (Å²) in [7, 11) is 0. The number of imidazole rings is 1. The van der Waals surface area contributed by atoms with Gasteiger partial charge in [0, 0.05) is 17.3 Å². The predicted molar refractivity (Wildman–Crippen MR) is 106 cm³/mol. The molecule has 5 nitrogen and oxygen atoms in total. The molecule has 6 heteroatoms. The quantitative estimate of drug-likeness (QED) is 0.547. The third kappa shape index (κ3) is 3.85. The van der Waals surface area contributed by atoms with Gasteiger partial charge < -0.3 is 14.5 Å². The fourth-order valence-corrected chi connectivity index (χ4v) is 3.53. The van der Waals surface area contributed by atoms with Gasteiger partial charge >= 0.3 is 0 Å². The van der Waals surface area contributed by atoms with Crippen molar-refractivity contribution in [2.24, 2.45) is 0 Å². The van der Waals surface area contributed by atoms with Crippen LogP contribution in [0.15, 0.2) is 66.3 Å². The summed E-state index contributed by atoms with van der Waals surface area (Å²) < 4.78 is 7.90. The van der Waals surface area contributed by atoms with E-state index in [2.05, 4.69) is 10.3 Å². The first-order chi connectivity index (χ1) is 13.2. The van der Waals surface area contributed by atoms with E-state index in [4.69, 9.17) is 4.74 Å². The Morgan fingerprint density at radius 3 is 2.89 bits per heavy atom. The van der Waals surface area contributed by atoms with Gasteiger partial charge in [-0.25, -0.2) is 4.98 Å². The SMILES string of the molecule is Cc1cccn2cc(COc3ccccc3C(=O)NCc3cccs3)nc12. The van der Waals surface area contributed by atoms with E-state index in [-0.39, 0.29) is 5.91 Å². The molecule has 0 atom stereocenters. The van der Waals surface area contributed by atoms with Crippen LogP contribution in [0, 0.1) is 6.92 Å². The number of ether oxygens (including phenoxy) is 1. The van der Waals surface area contributed by atoms with Crippen LogP contribution >= 0.6 is 11.3 Å². The van der Waals surface area contributed by atoms with Crippen molar-refractivity contribution in [2.45, 2.75) is 20.1 Å². The number of benzene rings is 1. The van der Waals surface area contributed by atoms with Gasteiger partial charge in [-0.3, -0.25) is 4.79 Å². The van der Waals surface area contributed by atoms with Crippen molar-refractivity contribution >= 4 is 22.9 Å². The molecule has 0 aliphatic rings. The van der Waals surface area contributed by atoms with Crippen LogP contribution in [-0.4, -0.2) is 15.3 Å². The number of para-hydroxylation sites is 1. The molecule has 3 heterocycles. The second kappa shape index (κ2) is 7.63. The average molecular weight is 377 g/mol. The largest absolute Gasteiger partial charge is 0.486 e. The third-order valence-corrected chi connectivity index (χ3v) is 5.11. The Labute approximate surface area is 161 Å². The van der Waals surface area contributed by atoms with Crippen molar-refractivity contribution in [1.29, 1.82) is 0 Å². The molecule has 1 amide bonds. The lowest BCUT2D eigenvalue weighted by Crippen LogP contribution is -2.23. The maximum absolute atomic E-state index is 12.6. The molecule has 1 N–H and O–H groups in total. The first-order valence-electron chi connectivity index (χ1n) is 8.66. The molecule has 1 aromatic carbocycles. The molecule has 0 bridgehead atoms. The van der Waals surface area contributed by atoms with Crippen molar-refractivity contribution in [3.8, 4) is 5.75 Å². The van der Waals surface area contributed by atoms with Crippen LogP contribution in [0.1, 0.15) is 26.5 Å². The van der Waals surface area contributed by atoms with Crippen molar-refractivity contribution in [2.75, 3.05) is 0 Å². The number of fused-ring (bicyclic) bond motifs is 1. The smallest absolute Gasteiger partial charge is 0.255 e. The Hall–Kier alpha value is -3.12. The standard InChI is InChI=1S/C21H19N3O2S/c1-15-6-4-10-24-13-16(23-20(15)24)14-26-19-9-3-2-8-18(19)21(25)22-12-17-7-5-11-27-17/h2-11,13H,12,14H2,1H3,(H,22,25). The Morgan fingerprint density at radius 2 is 2.07 bits per heavy atom. The van der Waals surface area contributed by atoms with Crippen molar-refractivity contribution < 1.29 is 9.53 Å². The molecule has 0 fully saturated rings. The van der Waals surface area contributed by atoms with Crippen LogP contribution in [0.5, 0.6) is 5.75 Å². The number of thiophene rings is 1. The summed E-state index contributed by atoms with van der Waals surface area (Å²) in [5, 5.41) is 4.94. The fourth-order valence-electron chi connectivity index (χ4n) is 2.88. The molecule has 0 unspecified atom stereocenters. The Morgan fingerprint density at radius 1 is 1.19 bits per heavy atom. The van der Waals surface area contributed by atoms with Crippen LogP contribution in [-0.2, 0) is 13.2 Å². The van der Waals surface area contributed by atoms with E-state index in [0.717, 1.165) is 21.8 Å². The number of aryl methyl sites for hydroxylation is 1. The molecular formula is C21H19N3O2S. The molecule has 0 aliphatic heterocycles. The second-order valence-corrected chi connectivity index (χ2v) is 7.23. The zero-order chi connectivity index (χ0) is 18.6. The maximum Gasteiger partial charge on any atom is 0.255 e. The zero-order valence-corrected chi connectivity index (χ0v) is 15.7. The fraction of sp³-hybridized carbons (Fsp3) is 0.143. The Balaban J connectivity index is 1.47. The lowest BCUT2D eigenvalue weighted by Gasteiger charge is -2.10. The summed E-state index contributed by atoms with van der Waals surface area (Å²) >= 11 is 1.62. The summed E-state index contributed by atoms with van der Waals surface area (Å²) in [6.07, 6.45) is 3.91. The first kappa shape index (κ1) is 17.3. The number of carbonyl (C=O) groups is 1. The van der Waals surface area contributed by atoms with Crippen molar-refractivity contribution in [3.63, 3.8) is 0 Å². The lowest BCUT2D eigenvalue weighted by atomic mass is 10.2. The maximum atomic E-state index is 12.6. The molecule has 0 radical (unpaired) electrons. The number of aromatic nitrogens is 2. The monoisotopic (exact) mass is 377 g/mol. The molecule has 0 spiro atoms. The Kier molecular flexibility index (Phi) is 4.89. The molecule has 27 heavy (non-hydrogen) atoms. The minimum Gasteiger partial charge on any atom is -0.486 e. The molecule has 3 aromatic heterocycles. The van der Waals surface area contributed by atoms with Gasteiger partial charge in [-0.2, -0.15) is 0 Å². The highest BCUT2D eigenvalue weighted by Gasteiger charge is 2.13. The van der Waals surface area contributed by atoms with Gasteiger partial charge in [-0.1, -0.05) is 24.3 Å². The predicted octanol–water partition coefficient (Wildman–Crippen LogP) is 4.21. The molecule has 0 saturated heterocycles. The first-order valence-corrected chi connectivity index (χ1v) is 9.54.